The SMILES string of the molecule is CN(C)c1cccc2c1ccc1c(C(F)(F)F)[nH]nc12. The van der Waals surface area contributed by atoms with Crippen molar-refractivity contribution in [2.45, 2.75) is 6.18 Å². The minimum absolute atomic E-state index is 0.0981. The van der Waals surface area contributed by atoms with Crippen LogP contribution in [0.3, 0.4) is 0 Å². The fourth-order valence-corrected chi connectivity index (χ4v) is 2.43. The van der Waals surface area contributed by atoms with Gasteiger partial charge in [-0.2, -0.15) is 18.3 Å². The second-order valence-corrected chi connectivity index (χ2v) is 4.82. The van der Waals surface area contributed by atoms with Crippen LogP contribution in [0, 0.1) is 0 Å². The van der Waals surface area contributed by atoms with E-state index in [2.05, 4.69) is 10.2 Å². The third-order valence-corrected chi connectivity index (χ3v) is 3.32. The maximum absolute atomic E-state index is 12.9. The van der Waals surface area contributed by atoms with Crippen molar-refractivity contribution in [3.05, 3.63) is 36.0 Å². The summed E-state index contributed by atoms with van der Waals surface area (Å²) in [4.78, 5) is 1.92. The van der Waals surface area contributed by atoms with Crippen LogP contribution in [0.1, 0.15) is 5.69 Å². The van der Waals surface area contributed by atoms with E-state index in [-0.39, 0.29) is 5.39 Å². The van der Waals surface area contributed by atoms with Crippen molar-refractivity contribution in [3.8, 4) is 0 Å². The molecule has 0 atom stereocenters. The Labute approximate surface area is 113 Å². The molecule has 0 saturated carbocycles. The predicted molar refractivity (Wildman–Crippen MR) is 72.9 cm³/mol. The molecule has 20 heavy (non-hydrogen) atoms. The second kappa shape index (κ2) is 4.13. The molecule has 0 saturated heterocycles. The van der Waals surface area contributed by atoms with E-state index in [0.29, 0.717) is 10.9 Å². The maximum atomic E-state index is 12.9. The molecule has 2 aromatic carbocycles. The van der Waals surface area contributed by atoms with E-state index in [4.69, 9.17) is 0 Å². The third-order valence-electron chi connectivity index (χ3n) is 3.32. The van der Waals surface area contributed by atoms with Crippen LogP contribution >= 0.6 is 0 Å². The molecule has 0 aliphatic rings. The van der Waals surface area contributed by atoms with E-state index < -0.39 is 11.9 Å². The molecular weight excluding hydrogens is 267 g/mol. The van der Waals surface area contributed by atoms with E-state index >= 15 is 0 Å². The standard InChI is InChI=1S/C14H12F3N3/c1-20(2)11-5-3-4-9-8(11)6-7-10-12(9)18-19-13(10)14(15,16)17/h3-7H,1-2H3,(H,18,19). The molecular formula is C14H12F3N3. The van der Waals surface area contributed by atoms with Gasteiger partial charge in [0.15, 0.2) is 0 Å². The zero-order valence-electron chi connectivity index (χ0n) is 10.9. The van der Waals surface area contributed by atoms with E-state index in [1.54, 1.807) is 12.1 Å². The summed E-state index contributed by atoms with van der Waals surface area (Å²) in [5, 5.41) is 7.64. The normalized spacial score (nSPS) is 12.2. The molecule has 0 radical (unpaired) electrons. The highest BCUT2D eigenvalue weighted by atomic mass is 19.4. The number of nitrogens with zero attached hydrogens (tertiary/aromatic N) is 2. The van der Waals surface area contributed by atoms with E-state index in [1.807, 2.05) is 31.1 Å². The Kier molecular flexibility index (Phi) is 2.64. The molecule has 3 aromatic rings. The molecule has 6 heteroatoms. The van der Waals surface area contributed by atoms with Gasteiger partial charge in [-0.05, 0) is 12.1 Å². The molecule has 3 rings (SSSR count). The van der Waals surface area contributed by atoms with Crippen molar-refractivity contribution in [2.75, 3.05) is 19.0 Å². The van der Waals surface area contributed by atoms with Gasteiger partial charge >= 0.3 is 6.18 Å². The van der Waals surface area contributed by atoms with Crippen molar-refractivity contribution >= 4 is 27.4 Å². The summed E-state index contributed by atoms with van der Waals surface area (Å²) >= 11 is 0. The Morgan fingerprint density at radius 1 is 1.00 bits per heavy atom. The first-order valence-electron chi connectivity index (χ1n) is 6.04. The van der Waals surface area contributed by atoms with Crippen molar-refractivity contribution in [1.82, 2.24) is 10.2 Å². The summed E-state index contributed by atoms with van der Waals surface area (Å²) in [7, 11) is 3.79. The highest BCUT2D eigenvalue weighted by Crippen LogP contribution is 2.37. The van der Waals surface area contributed by atoms with Crippen molar-refractivity contribution in [1.29, 1.82) is 0 Å². The summed E-state index contributed by atoms with van der Waals surface area (Å²) < 4.78 is 38.6. The number of anilines is 1. The van der Waals surface area contributed by atoms with Crippen LogP contribution in [-0.2, 0) is 6.18 Å². The number of hydrogen-bond donors (Lipinski definition) is 1. The number of fused-ring (bicyclic) bond motifs is 3. The number of nitrogens with one attached hydrogen (secondary N) is 1. The highest BCUT2D eigenvalue weighted by molar-refractivity contribution is 6.10. The van der Waals surface area contributed by atoms with Crippen LogP contribution in [0.4, 0.5) is 18.9 Å². The van der Waals surface area contributed by atoms with Crippen LogP contribution in [-0.4, -0.2) is 24.3 Å². The zero-order chi connectivity index (χ0) is 14.5. The summed E-state index contributed by atoms with van der Waals surface area (Å²) in [5.41, 5.74) is 0.490. The van der Waals surface area contributed by atoms with E-state index in [1.165, 1.54) is 6.07 Å². The molecule has 3 nitrogen and oxygen atoms in total. The van der Waals surface area contributed by atoms with Crippen LogP contribution in [0.25, 0.3) is 21.7 Å². The summed E-state index contributed by atoms with van der Waals surface area (Å²) in [6.07, 6.45) is -4.43. The van der Waals surface area contributed by atoms with Gasteiger partial charge in [0.25, 0.3) is 0 Å². The third kappa shape index (κ3) is 1.79. The molecule has 0 bridgehead atoms. The number of halogens is 3. The molecule has 1 N–H and O–H groups in total. The number of hydrogen-bond acceptors (Lipinski definition) is 2. The predicted octanol–water partition coefficient (Wildman–Crippen LogP) is 3.80. The average Bonchev–Trinajstić information content (AvgIpc) is 2.81. The van der Waals surface area contributed by atoms with E-state index in [0.717, 1.165) is 11.1 Å². The minimum Gasteiger partial charge on any atom is -0.377 e. The summed E-state index contributed by atoms with van der Waals surface area (Å²) in [6, 6.07) is 8.70. The van der Waals surface area contributed by atoms with E-state index in [9.17, 15) is 13.2 Å². The average molecular weight is 279 g/mol. The maximum Gasteiger partial charge on any atom is 0.433 e. The minimum atomic E-state index is -4.43. The lowest BCUT2D eigenvalue weighted by Crippen LogP contribution is -2.08. The smallest absolute Gasteiger partial charge is 0.377 e. The molecule has 104 valence electrons. The topological polar surface area (TPSA) is 31.9 Å². The molecule has 0 amide bonds. The summed E-state index contributed by atoms with van der Waals surface area (Å²) in [6.45, 7) is 0. The number of benzene rings is 2. The number of alkyl halides is 3. The van der Waals surface area contributed by atoms with Crippen molar-refractivity contribution < 1.29 is 13.2 Å². The Morgan fingerprint density at radius 2 is 1.70 bits per heavy atom. The monoisotopic (exact) mass is 279 g/mol. The van der Waals surface area contributed by atoms with Gasteiger partial charge < -0.3 is 4.90 Å². The van der Waals surface area contributed by atoms with Gasteiger partial charge in [0.1, 0.15) is 11.2 Å². The number of rotatable bonds is 1. The quantitative estimate of drug-likeness (QED) is 0.734. The Bertz CT molecular complexity index is 787. The number of H-pyrrole nitrogens is 1. The van der Waals surface area contributed by atoms with Crippen LogP contribution in [0.5, 0.6) is 0 Å². The second-order valence-electron chi connectivity index (χ2n) is 4.82. The lowest BCUT2D eigenvalue weighted by molar-refractivity contribution is -0.139. The van der Waals surface area contributed by atoms with Gasteiger partial charge in [-0.25, -0.2) is 0 Å². The van der Waals surface area contributed by atoms with Crippen LogP contribution in [0.2, 0.25) is 0 Å². The molecule has 0 spiro atoms. The van der Waals surface area contributed by atoms with Crippen molar-refractivity contribution in [3.63, 3.8) is 0 Å². The lowest BCUT2D eigenvalue weighted by Gasteiger charge is -2.15. The number of aromatic amines is 1. The Hall–Kier alpha value is -2.24. The first-order chi connectivity index (χ1) is 9.39. The fraction of sp³-hybridized carbons (Fsp3) is 0.214. The molecule has 0 fully saturated rings. The van der Waals surface area contributed by atoms with Gasteiger partial charge in [-0.15, -0.1) is 0 Å². The summed E-state index contributed by atoms with van der Waals surface area (Å²) in [5.74, 6) is 0. The Balaban J connectivity index is 2.39. The van der Waals surface area contributed by atoms with Gasteiger partial charge in [-0.3, -0.25) is 5.10 Å². The number of aromatic nitrogens is 2. The van der Waals surface area contributed by atoms with Gasteiger partial charge in [0.05, 0.1) is 0 Å². The van der Waals surface area contributed by atoms with Gasteiger partial charge in [-0.1, -0.05) is 18.2 Å². The largest absolute Gasteiger partial charge is 0.433 e. The molecule has 0 aliphatic carbocycles. The lowest BCUT2D eigenvalue weighted by atomic mass is 10.0. The van der Waals surface area contributed by atoms with Crippen LogP contribution < -0.4 is 4.90 Å². The van der Waals surface area contributed by atoms with Crippen LogP contribution in [0.15, 0.2) is 30.3 Å². The fourth-order valence-electron chi connectivity index (χ4n) is 2.43. The molecule has 1 heterocycles. The molecule has 0 unspecified atom stereocenters. The highest BCUT2D eigenvalue weighted by Gasteiger charge is 2.35. The van der Waals surface area contributed by atoms with Crippen molar-refractivity contribution in [2.24, 2.45) is 0 Å². The molecule has 0 aliphatic heterocycles. The first kappa shape index (κ1) is 12.8. The molecule has 1 aromatic heterocycles. The van der Waals surface area contributed by atoms with Gasteiger partial charge in [0, 0.05) is 35.9 Å². The Morgan fingerprint density at radius 3 is 2.35 bits per heavy atom. The van der Waals surface area contributed by atoms with Gasteiger partial charge in [0.2, 0.25) is 0 Å². The zero-order valence-corrected chi connectivity index (χ0v) is 10.9. The first-order valence-corrected chi connectivity index (χ1v) is 6.04.